The lowest BCUT2D eigenvalue weighted by Gasteiger charge is -2.21. The first-order valence-corrected chi connectivity index (χ1v) is 9.27. The van der Waals surface area contributed by atoms with Gasteiger partial charge in [0.15, 0.2) is 0 Å². The number of nitrogens with two attached hydrogens (primary N) is 1. The Bertz CT molecular complexity index is 974. The fourth-order valence-electron chi connectivity index (χ4n) is 3.11. The quantitative estimate of drug-likeness (QED) is 0.597. The van der Waals surface area contributed by atoms with Gasteiger partial charge in [0.25, 0.3) is 5.91 Å². The lowest BCUT2D eigenvalue weighted by molar-refractivity contribution is -0.114. The molecule has 0 radical (unpaired) electrons. The van der Waals surface area contributed by atoms with Crippen molar-refractivity contribution in [1.82, 2.24) is 0 Å². The fraction of sp³-hybridized carbons (Fsp3) is 0.182. The van der Waals surface area contributed by atoms with E-state index in [0.29, 0.717) is 35.3 Å². The van der Waals surface area contributed by atoms with Crippen LogP contribution in [0.4, 0.5) is 11.4 Å². The van der Waals surface area contributed by atoms with Crippen molar-refractivity contribution in [3.05, 3.63) is 71.4 Å². The number of ether oxygens (including phenoxy) is 1. The van der Waals surface area contributed by atoms with E-state index in [9.17, 15) is 4.79 Å². The van der Waals surface area contributed by atoms with Gasteiger partial charge in [-0.2, -0.15) is 0 Å². The highest BCUT2D eigenvalue weighted by atomic mass is 35.5. The first kappa shape index (κ1) is 19.7. The predicted octanol–water partition coefficient (Wildman–Crippen LogP) is 4.83. The molecule has 0 atom stereocenters. The second-order valence-corrected chi connectivity index (χ2v) is 7.01. The molecular weight excluding hydrogens is 374 g/mol. The second kappa shape index (κ2) is 8.31. The molecule has 0 aliphatic carbocycles. The van der Waals surface area contributed by atoms with Gasteiger partial charge in [-0.15, -0.1) is 0 Å². The van der Waals surface area contributed by atoms with Gasteiger partial charge in [0.2, 0.25) is 5.90 Å². The van der Waals surface area contributed by atoms with E-state index in [1.165, 1.54) is 6.20 Å². The molecule has 1 fully saturated rings. The monoisotopic (exact) mass is 395 g/mol. The number of anilines is 2. The smallest absolute Gasteiger partial charge is 0.263 e. The molecule has 0 bridgehead atoms. The van der Waals surface area contributed by atoms with E-state index >= 15 is 0 Å². The Hall–Kier alpha value is -3.05. The van der Waals surface area contributed by atoms with Crippen molar-refractivity contribution in [2.24, 2.45) is 4.99 Å². The molecule has 1 saturated heterocycles. The van der Waals surface area contributed by atoms with Gasteiger partial charge < -0.3 is 15.4 Å². The Morgan fingerprint density at radius 1 is 1.25 bits per heavy atom. The number of benzene rings is 2. The third-order valence-corrected chi connectivity index (χ3v) is 4.67. The minimum atomic E-state index is -0.142. The van der Waals surface area contributed by atoms with Crippen LogP contribution in [0.25, 0.3) is 11.1 Å². The van der Waals surface area contributed by atoms with Crippen molar-refractivity contribution >= 4 is 34.8 Å². The van der Waals surface area contributed by atoms with E-state index < -0.39 is 0 Å². The van der Waals surface area contributed by atoms with E-state index in [1.54, 1.807) is 17.0 Å². The Balaban J connectivity index is 1.95. The van der Waals surface area contributed by atoms with E-state index in [4.69, 9.17) is 22.1 Å². The Labute approximate surface area is 169 Å². The number of carbonyl (C=O) groups excluding carboxylic acids is 1. The zero-order chi connectivity index (χ0) is 20.3. The van der Waals surface area contributed by atoms with Crippen molar-refractivity contribution in [2.45, 2.75) is 13.8 Å². The van der Waals surface area contributed by atoms with Crippen LogP contribution in [0.1, 0.15) is 13.8 Å². The molecule has 1 amide bonds. The van der Waals surface area contributed by atoms with Crippen molar-refractivity contribution in [2.75, 3.05) is 23.8 Å². The molecule has 0 spiro atoms. The zero-order valence-corrected chi connectivity index (χ0v) is 16.7. The van der Waals surface area contributed by atoms with Crippen molar-refractivity contribution in [3.63, 3.8) is 0 Å². The molecular formula is C22H22ClN3O2. The summed E-state index contributed by atoms with van der Waals surface area (Å²) >= 11 is 5.98. The summed E-state index contributed by atoms with van der Waals surface area (Å²) in [4.78, 5) is 19.0. The highest BCUT2D eigenvalue weighted by Gasteiger charge is 2.29. The van der Waals surface area contributed by atoms with Crippen LogP contribution in [0.5, 0.6) is 0 Å². The second-order valence-electron chi connectivity index (χ2n) is 6.58. The van der Waals surface area contributed by atoms with Crippen LogP contribution in [-0.4, -0.2) is 25.0 Å². The van der Waals surface area contributed by atoms with Gasteiger partial charge in [-0.3, -0.25) is 4.79 Å². The Morgan fingerprint density at radius 2 is 1.96 bits per heavy atom. The summed E-state index contributed by atoms with van der Waals surface area (Å²) in [6.45, 7) is 8.10. The molecule has 1 aliphatic rings. The largest absolute Gasteiger partial charge is 0.475 e. The molecule has 2 aromatic carbocycles. The Kier molecular flexibility index (Phi) is 5.85. The van der Waals surface area contributed by atoms with E-state index in [-0.39, 0.29) is 5.91 Å². The van der Waals surface area contributed by atoms with Crippen LogP contribution in [0.3, 0.4) is 0 Å². The highest BCUT2D eigenvalue weighted by molar-refractivity contribution is 6.31. The van der Waals surface area contributed by atoms with Gasteiger partial charge in [0.05, 0.1) is 6.54 Å². The molecule has 6 heteroatoms. The maximum absolute atomic E-state index is 13.2. The number of aliphatic imine (C=N–C) groups is 1. The lowest BCUT2D eigenvalue weighted by Crippen LogP contribution is -2.33. The summed E-state index contributed by atoms with van der Waals surface area (Å²) in [5, 5.41) is 0.597. The van der Waals surface area contributed by atoms with Gasteiger partial charge in [-0.25, -0.2) is 4.99 Å². The number of halogens is 1. The number of carbonyl (C=O) groups is 1. The number of nitrogens with zero attached hydrogens (tertiary/aromatic N) is 2. The molecule has 0 saturated carbocycles. The molecule has 5 nitrogen and oxygen atoms in total. The van der Waals surface area contributed by atoms with Crippen LogP contribution in [0.2, 0.25) is 5.02 Å². The van der Waals surface area contributed by atoms with E-state index in [1.807, 2.05) is 44.2 Å². The predicted molar refractivity (Wildman–Crippen MR) is 116 cm³/mol. The van der Waals surface area contributed by atoms with Gasteiger partial charge in [0, 0.05) is 28.2 Å². The van der Waals surface area contributed by atoms with Crippen LogP contribution in [0, 0.1) is 0 Å². The number of nitrogen functional groups attached to an aromatic ring is 1. The maximum atomic E-state index is 13.2. The van der Waals surface area contributed by atoms with Gasteiger partial charge >= 0.3 is 0 Å². The van der Waals surface area contributed by atoms with Crippen molar-refractivity contribution in [1.29, 1.82) is 0 Å². The number of hydrogen-bond donors (Lipinski definition) is 1. The molecule has 28 heavy (non-hydrogen) atoms. The lowest BCUT2D eigenvalue weighted by atomic mass is 10.0. The molecule has 1 aliphatic heterocycles. The average molecular weight is 396 g/mol. The van der Waals surface area contributed by atoms with Crippen LogP contribution in [-0.2, 0) is 9.53 Å². The normalized spacial score (nSPS) is 16.0. The van der Waals surface area contributed by atoms with Crippen molar-refractivity contribution in [3.8, 4) is 11.1 Å². The molecule has 0 aromatic heterocycles. The third-order valence-electron chi connectivity index (χ3n) is 4.44. The zero-order valence-electron chi connectivity index (χ0n) is 15.9. The van der Waals surface area contributed by atoms with Gasteiger partial charge in [0.1, 0.15) is 12.2 Å². The number of hydrogen-bond acceptors (Lipinski definition) is 4. The standard InChI is InChI=1S/C22H22ClN3O2/c1-4-25-21-20(14(2)3)22(27)26(11-12-28-21)17-8-5-15(6-9-17)18-10-7-16(23)13-19(18)24/h4-10,13H,1,11-12,24H2,2-3H3/b25-21+. The topological polar surface area (TPSA) is 67.9 Å². The summed E-state index contributed by atoms with van der Waals surface area (Å²) in [7, 11) is 0. The van der Waals surface area contributed by atoms with Gasteiger partial charge in [-0.1, -0.05) is 42.0 Å². The minimum Gasteiger partial charge on any atom is -0.475 e. The van der Waals surface area contributed by atoms with Gasteiger partial charge in [-0.05, 0) is 43.7 Å². The SMILES string of the molecule is C=C/N=C1/OCCN(c2ccc(-c3ccc(Cl)cc3N)cc2)C(=O)C1=C(C)C. The third kappa shape index (κ3) is 3.94. The van der Waals surface area contributed by atoms with Crippen molar-refractivity contribution < 1.29 is 9.53 Å². The van der Waals surface area contributed by atoms with E-state index in [2.05, 4.69) is 11.6 Å². The molecule has 1 heterocycles. The summed E-state index contributed by atoms with van der Waals surface area (Å²) in [6, 6.07) is 13.1. The first-order chi connectivity index (χ1) is 13.4. The Morgan fingerprint density at radius 3 is 2.57 bits per heavy atom. The number of rotatable bonds is 3. The van der Waals surface area contributed by atoms with E-state index in [0.717, 1.165) is 22.4 Å². The first-order valence-electron chi connectivity index (χ1n) is 8.89. The minimum absolute atomic E-state index is 0.142. The molecule has 2 aromatic rings. The number of allylic oxidation sites excluding steroid dienone is 1. The van der Waals surface area contributed by atoms with Crippen LogP contribution in [0.15, 0.2) is 71.4 Å². The molecule has 2 N–H and O–H groups in total. The summed E-state index contributed by atoms with van der Waals surface area (Å²) in [6.07, 6.45) is 1.38. The highest BCUT2D eigenvalue weighted by Crippen LogP contribution is 2.30. The van der Waals surface area contributed by atoms with Crippen LogP contribution >= 0.6 is 11.6 Å². The summed E-state index contributed by atoms with van der Waals surface area (Å²) in [5.41, 5.74) is 10.6. The maximum Gasteiger partial charge on any atom is 0.263 e. The molecule has 3 rings (SSSR count). The summed E-state index contributed by atoms with van der Waals surface area (Å²) in [5.74, 6) is 0.171. The molecule has 0 unspecified atom stereocenters. The van der Waals surface area contributed by atoms with Crippen LogP contribution < -0.4 is 10.6 Å². The fourth-order valence-corrected chi connectivity index (χ4v) is 3.29. The average Bonchev–Trinajstić information content (AvgIpc) is 2.81. The number of amides is 1. The molecule has 144 valence electrons. The summed E-state index contributed by atoms with van der Waals surface area (Å²) < 4.78 is 5.69.